The first-order valence-corrected chi connectivity index (χ1v) is 21.2. The van der Waals surface area contributed by atoms with Crippen molar-refractivity contribution in [3.8, 4) is 0 Å². The number of hydrogen-bond donors (Lipinski definition) is 0. The molecular formula is C13H17BrHgO2. The first-order valence-electron chi connectivity index (χ1n) is 6.14. The molecule has 1 aromatic carbocycles. The Labute approximate surface area is 121 Å². The monoisotopic (exact) mass is 486 g/mol. The Morgan fingerprint density at radius 1 is 1.47 bits per heavy atom. The van der Waals surface area contributed by atoms with Crippen LogP contribution in [0.25, 0.3) is 0 Å². The summed E-state index contributed by atoms with van der Waals surface area (Å²) in [4.78, 5) is 0. The van der Waals surface area contributed by atoms with Crippen LogP contribution in [0.4, 0.5) is 0 Å². The zero-order chi connectivity index (χ0) is 12.1. The molecule has 2 nitrogen and oxygen atoms in total. The van der Waals surface area contributed by atoms with Gasteiger partial charge in [-0.15, -0.1) is 0 Å². The van der Waals surface area contributed by atoms with E-state index in [-0.39, 0.29) is 0 Å². The van der Waals surface area contributed by atoms with E-state index < -0.39 is 22.1 Å². The van der Waals surface area contributed by atoms with Gasteiger partial charge >= 0.3 is 122 Å². The van der Waals surface area contributed by atoms with E-state index in [0.717, 1.165) is 16.5 Å². The molecular weight excluding hydrogens is 469 g/mol. The Hall–Kier alpha value is 0.555. The molecule has 0 aliphatic carbocycles. The van der Waals surface area contributed by atoms with Gasteiger partial charge in [-0.25, -0.2) is 0 Å². The molecule has 0 spiro atoms. The summed E-state index contributed by atoms with van der Waals surface area (Å²) in [7, 11) is 0. The normalized spacial score (nSPS) is 25.5. The topological polar surface area (TPSA) is 18.5 Å². The second kappa shape index (κ2) is 7.22. The Balaban J connectivity index is 1.86. The van der Waals surface area contributed by atoms with Crippen molar-refractivity contribution in [1.29, 1.82) is 0 Å². The van der Waals surface area contributed by atoms with Crippen molar-refractivity contribution >= 4 is 11.9 Å². The summed E-state index contributed by atoms with van der Waals surface area (Å²) in [6.45, 7) is 3.86. The summed E-state index contributed by atoms with van der Waals surface area (Å²) in [6.07, 6.45) is 1.67. The van der Waals surface area contributed by atoms with E-state index in [4.69, 9.17) is 9.47 Å². The van der Waals surface area contributed by atoms with Gasteiger partial charge in [0.1, 0.15) is 0 Å². The average molecular weight is 486 g/mol. The van der Waals surface area contributed by atoms with Crippen LogP contribution in [-0.4, -0.2) is 18.8 Å². The molecule has 0 aromatic heterocycles. The predicted molar refractivity (Wildman–Crippen MR) is 67.7 cm³/mol. The van der Waals surface area contributed by atoms with E-state index in [1.807, 2.05) is 6.07 Å². The SMILES string of the molecule is C[CH]([Hg][Br])[C@@H]1OCC[C@@H]1OCc1ccccc1. The van der Waals surface area contributed by atoms with Gasteiger partial charge in [0.2, 0.25) is 0 Å². The van der Waals surface area contributed by atoms with Crippen LogP contribution in [0.15, 0.2) is 30.3 Å². The van der Waals surface area contributed by atoms with Gasteiger partial charge in [-0.1, -0.05) is 0 Å². The quantitative estimate of drug-likeness (QED) is 0.594. The fraction of sp³-hybridized carbons (Fsp3) is 0.538. The molecule has 2 rings (SSSR count). The average Bonchev–Trinajstić information content (AvgIpc) is 2.85. The summed E-state index contributed by atoms with van der Waals surface area (Å²) in [6, 6.07) is 10.4. The third kappa shape index (κ3) is 4.02. The number of ether oxygens (including phenoxy) is 2. The number of benzene rings is 1. The van der Waals surface area contributed by atoms with E-state index in [1.165, 1.54) is 5.56 Å². The molecule has 0 radical (unpaired) electrons. The summed E-state index contributed by atoms with van der Waals surface area (Å²) in [5, 5.41) is 0. The molecule has 4 heteroatoms. The Morgan fingerprint density at radius 2 is 2.24 bits per heavy atom. The number of halogens is 1. The van der Waals surface area contributed by atoms with Crippen LogP contribution in [0.3, 0.4) is 0 Å². The molecule has 3 atom stereocenters. The van der Waals surface area contributed by atoms with Crippen LogP contribution in [0.5, 0.6) is 0 Å². The molecule has 1 fully saturated rings. The predicted octanol–water partition coefficient (Wildman–Crippen LogP) is 3.56. The van der Waals surface area contributed by atoms with Crippen LogP contribution >= 0.6 is 11.9 Å². The summed E-state index contributed by atoms with van der Waals surface area (Å²) in [5.41, 5.74) is 1.24. The second-order valence-electron chi connectivity index (χ2n) is 4.59. The molecule has 0 saturated carbocycles. The molecule has 17 heavy (non-hydrogen) atoms. The zero-order valence-corrected chi connectivity index (χ0v) is 17.2. The van der Waals surface area contributed by atoms with Gasteiger partial charge in [-0.2, -0.15) is 0 Å². The van der Waals surface area contributed by atoms with E-state index in [0.29, 0.717) is 18.8 Å². The van der Waals surface area contributed by atoms with Crippen LogP contribution in [0.2, 0.25) is 3.43 Å². The van der Waals surface area contributed by atoms with E-state index in [2.05, 4.69) is 43.1 Å². The third-order valence-electron chi connectivity index (χ3n) is 3.19. The van der Waals surface area contributed by atoms with Gasteiger partial charge in [0.25, 0.3) is 0 Å². The Morgan fingerprint density at radius 3 is 2.94 bits per heavy atom. The third-order valence-corrected chi connectivity index (χ3v) is 15.9. The van der Waals surface area contributed by atoms with Gasteiger partial charge < -0.3 is 0 Å². The zero-order valence-electron chi connectivity index (χ0n) is 10.1. The molecule has 1 aromatic rings. The summed E-state index contributed by atoms with van der Waals surface area (Å²) in [5.74, 6) is 0. The van der Waals surface area contributed by atoms with E-state index >= 15 is 0 Å². The molecule has 1 saturated heterocycles. The Bertz CT molecular complexity index is 333. The fourth-order valence-electron chi connectivity index (χ4n) is 2.17. The van der Waals surface area contributed by atoms with Gasteiger partial charge in [0.15, 0.2) is 0 Å². The number of hydrogen-bond acceptors (Lipinski definition) is 2. The van der Waals surface area contributed by atoms with Crippen molar-refractivity contribution in [3.05, 3.63) is 35.9 Å². The van der Waals surface area contributed by atoms with Gasteiger partial charge in [-0.05, 0) is 0 Å². The van der Waals surface area contributed by atoms with E-state index in [9.17, 15) is 0 Å². The number of rotatable bonds is 5. The first kappa shape index (κ1) is 14.0. The standard InChI is InChI=1S/C13H17O2.BrH.Hg/c1-2-12-13(8-9-14-12)15-10-11-6-4-3-5-7-11;;/h2-7,12-13H,8-10H2,1H3;1H;/q;;+1/p-1/t12-,13-;;/m0../s1. The van der Waals surface area contributed by atoms with Gasteiger partial charge in [0, 0.05) is 0 Å². The molecule has 90 valence electrons. The molecule has 1 aliphatic rings. The van der Waals surface area contributed by atoms with Crippen molar-refractivity contribution in [3.63, 3.8) is 0 Å². The van der Waals surface area contributed by atoms with Crippen molar-refractivity contribution in [2.75, 3.05) is 6.61 Å². The van der Waals surface area contributed by atoms with E-state index in [1.54, 1.807) is 0 Å². The minimum atomic E-state index is -0.889. The van der Waals surface area contributed by atoms with Crippen molar-refractivity contribution in [1.82, 2.24) is 0 Å². The molecule has 1 aliphatic heterocycles. The maximum atomic E-state index is 6.01. The maximum absolute atomic E-state index is 6.01. The summed E-state index contributed by atoms with van der Waals surface area (Å²) >= 11 is 2.85. The van der Waals surface area contributed by atoms with Crippen LogP contribution < -0.4 is 0 Å². The molecule has 0 N–H and O–H groups in total. The van der Waals surface area contributed by atoms with Gasteiger partial charge in [-0.3, -0.25) is 0 Å². The van der Waals surface area contributed by atoms with Crippen molar-refractivity contribution in [2.24, 2.45) is 0 Å². The van der Waals surface area contributed by atoms with Crippen molar-refractivity contribution in [2.45, 2.75) is 35.6 Å². The summed E-state index contributed by atoms with van der Waals surface area (Å²) < 4.78 is 12.5. The fourth-order valence-corrected chi connectivity index (χ4v) is 7.79. The molecule has 1 heterocycles. The second-order valence-corrected chi connectivity index (χ2v) is 16.5. The van der Waals surface area contributed by atoms with Gasteiger partial charge in [0.05, 0.1) is 0 Å². The van der Waals surface area contributed by atoms with Crippen molar-refractivity contribution < 1.29 is 31.6 Å². The van der Waals surface area contributed by atoms with Crippen LogP contribution in [-0.2, 0) is 38.2 Å². The van der Waals surface area contributed by atoms with Crippen LogP contribution in [0, 0.1) is 0 Å². The minimum absolute atomic E-state index is 0.294. The molecule has 0 amide bonds. The Kier molecular flexibility index (Phi) is 5.93. The molecule has 0 bridgehead atoms. The molecule has 1 unspecified atom stereocenters. The first-order chi connectivity index (χ1) is 8.31. The van der Waals surface area contributed by atoms with Crippen LogP contribution in [0.1, 0.15) is 18.9 Å².